The molecule has 33 heavy (non-hydrogen) atoms. The molecule has 4 rings (SSSR count). The Hall–Kier alpha value is -2.14. The maximum absolute atomic E-state index is 13.3. The Morgan fingerprint density at radius 3 is 2.39 bits per heavy atom. The highest BCUT2D eigenvalue weighted by Gasteiger charge is 2.53. The summed E-state index contributed by atoms with van der Waals surface area (Å²) in [4.78, 5) is 25.4. The molecule has 0 radical (unpaired) electrons. The van der Waals surface area contributed by atoms with Gasteiger partial charge in [-0.1, -0.05) is 6.92 Å². The first kappa shape index (κ1) is 24.0. The normalized spacial score (nSPS) is 42.0. The van der Waals surface area contributed by atoms with Gasteiger partial charge in [0.25, 0.3) is 0 Å². The first-order chi connectivity index (χ1) is 15.8. The quantitative estimate of drug-likeness (QED) is 0.568. The number of hydrogen-bond acceptors (Lipinski definition) is 10. The minimum atomic E-state index is -1.11. The molecule has 1 saturated carbocycles. The highest BCUT2D eigenvalue weighted by Crippen LogP contribution is 2.48. The van der Waals surface area contributed by atoms with E-state index in [1.54, 1.807) is 0 Å². The first-order valence-electron chi connectivity index (χ1n) is 11.4. The zero-order valence-electron chi connectivity index (χ0n) is 19.2. The van der Waals surface area contributed by atoms with E-state index in [4.69, 9.17) is 28.4 Å². The summed E-state index contributed by atoms with van der Waals surface area (Å²) in [6.07, 6.45) is -0.508. The van der Waals surface area contributed by atoms with E-state index in [9.17, 15) is 19.8 Å². The van der Waals surface area contributed by atoms with E-state index in [-0.39, 0.29) is 36.2 Å². The Morgan fingerprint density at radius 2 is 1.70 bits per heavy atom. The van der Waals surface area contributed by atoms with Crippen LogP contribution in [0.1, 0.15) is 33.6 Å². The Balaban J connectivity index is 1.51. The summed E-state index contributed by atoms with van der Waals surface area (Å²) in [7, 11) is 1.28. The van der Waals surface area contributed by atoms with Crippen LogP contribution >= 0.6 is 0 Å². The fraction of sp³-hybridized carbons (Fsp3) is 0.739. The minimum absolute atomic E-state index is 0.218. The van der Waals surface area contributed by atoms with Gasteiger partial charge in [-0.25, -0.2) is 9.59 Å². The van der Waals surface area contributed by atoms with Crippen LogP contribution in [0, 0.1) is 29.6 Å². The van der Waals surface area contributed by atoms with Crippen LogP contribution in [0.5, 0.6) is 0 Å². The molecule has 0 aromatic rings. The molecule has 0 aromatic carbocycles. The highest BCUT2D eigenvalue weighted by molar-refractivity contribution is 5.90. The van der Waals surface area contributed by atoms with Gasteiger partial charge in [0.15, 0.2) is 18.9 Å². The largest absolute Gasteiger partial charge is 0.497 e. The topological polar surface area (TPSA) is 130 Å². The number of carbonyl (C=O) groups is 2. The van der Waals surface area contributed by atoms with Crippen molar-refractivity contribution in [2.45, 2.75) is 64.7 Å². The van der Waals surface area contributed by atoms with Crippen molar-refractivity contribution in [3.05, 3.63) is 23.7 Å². The molecule has 2 N–H and O–H groups in total. The smallest absolute Gasteiger partial charge is 0.337 e. The van der Waals surface area contributed by atoms with Crippen molar-refractivity contribution in [3.8, 4) is 0 Å². The van der Waals surface area contributed by atoms with Gasteiger partial charge < -0.3 is 38.6 Å². The molecular formula is C23H32O10. The number of esters is 2. The maximum atomic E-state index is 13.3. The molecule has 10 atom stereocenters. The predicted octanol–water partition coefficient (Wildman–Crippen LogP) is 1.21. The molecule has 184 valence electrons. The average molecular weight is 468 g/mol. The molecule has 0 bridgehead atoms. The van der Waals surface area contributed by atoms with Crippen molar-refractivity contribution < 1.29 is 48.2 Å². The SMILES string of the molecule is CCO[C@@H]1O[C@H](O)C[C@@H]2C(C(=O)O[C@H]3C[C@@H]4C(C(=O)OC)=CO[C@@H](O)[C@@H]4[C@H]3C)=CO[C@H](C)[C@H]12. The van der Waals surface area contributed by atoms with E-state index in [1.165, 1.54) is 19.6 Å². The van der Waals surface area contributed by atoms with Gasteiger partial charge in [-0.05, 0) is 20.3 Å². The lowest BCUT2D eigenvalue weighted by molar-refractivity contribution is -0.295. The Bertz CT molecular complexity index is 822. The minimum Gasteiger partial charge on any atom is -0.497 e. The van der Waals surface area contributed by atoms with Gasteiger partial charge >= 0.3 is 11.9 Å². The summed E-state index contributed by atoms with van der Waals surface area (Å²) in [5, 5.41) is 20.6. The molecule has 3 heterocycles. The number of carbonyl (C=O) groups excluding carboxylic acids is 2. The van der Waals surface area contributed by atoms with Crippen molar-refractivity contribution in [3.63, 3.8) is 0 Å². The second kappa shape index (κ2) is 9.61. The van der Waals surface area contributed by atoms with Gasteiger partial charge in [-0.15, -0.1) is 0 Å². The molecule has 0 aromatic heterocycles. The van der Waals surface area contributed by atoms with Crippen LogP contribution in [0.2, 0.25) is 0 Å². The lowest BCUT2D eigenvalue weighted by Gasteiger charge is -2.44. The molecular weight excluding hydrogens is 436 g/mol. The molecule has 0 amide bonds. The van der Waals surface area contributed by atoms with Crippen LogP contribution in [-0.2, 0) is 38.0 Å². The number of aliphatic hydroxyl groups excluding tert-OH is 2. The van der Waals surface area contributed by atoms with Gasteiger partial charge in [0.1, 0.15) is 12.2 Å². The molecule has 4 aliphatic rings. The number of methoxy groups -OCH3 is 1. The lowest BCUT2D eigenvalue weighted by atomic mass is 9.77. The van der Waals surface area contributed by atoms with E-state index in [1.807, 2.05) is 20.8 Å². The van der Waals surface area contributed by atoms with Crippen molar-refractivity contribution in [2.24, 2.45) is 29.6 Å². The molecule has 0 spiro atoms. The third kappa shape index (κ3) is 4.37. The third-order valence-corrected chi connectivity index (χ3v) is 7.33. The molecule has 2 fully saturated rings. The Labute approximate surface area is 192 Å². The van der Waals surface area contributed by atoms with Gasteiger partial charge in [0, 0.05) is 36.7 Å². The zero-order chi connectivity index (χ0) is 23.9. The fourth-order valence-electron chi connectivity index (χ4n) is 5.65. The molecule has 10 nitrogen and oxygen atoms in total. The summed E-state index contributed by atoms with van der Waals surface area (Å²) in [5.41, 5.74) is 0.632. The maximum Gasteiger partial charge on any atom is 0.337 e. The predicted molar refractivity (Wildman–Crippen MR) is 111 cm³/mol. The fourth-order valence-corrected chi connectivity index (χ4v) is 5.65. The molecule has 1 saturated heterocycles. The first-order valence-corrected chi connectivity index (χ1v) is 11.4. The lowest BCUT2D eigenvalue weighted by Crippen LogP contribution is -2.51. The van der Waals surface area contributed by atoms with Crippen LogP contribution in [0.25, 0.3) is 0 Å². The van der Waals surface area contributed by atoms with Crippen molar-refractivity contribution in [2.75, 3.05) is 13.7 Å². The van der Waals surface area contributed by atoms with Gasteiger partial charge in [0.2, 0.25) is 0 Å². The molecule has 0 unspecified atom stereocenters. The average Bonchev–Trinajstić information content (AvgIpc) is 3.10. The second-order valence-electron chi connectivity index (χ2n) is 9.06. The van der Waals surface area contributed by atoms with Crippen LogP contribution in [-0.4, -0.2) is 66.9 Å². The molecule has 3 aliphatic heterocycles. The van der Waals surface area contributed by atoms with E-state index in [0.29, 0.717) is 24.2 Å². The van der Waals surface area contributed by atoms with Crippen LogP contribution in [0.3, 0.4) is 0 Å². The number of aliphatic hydroxyl groups is 2. The van der Waals surface area contributed by atoms with Gasteiger partial charge in [-0.3, -0.25) is 0 Å². The zero-order valence-corrected chi connectivity index (χ0v) is 19.2. The summed E-state index contributed by atoms with van der Waals surface area (Å²) in [6, 6.07) is 0. The monoisotopic (exact) mass is 468 g/mol. The Kier molecular flexibility index (Phi) is 6.99. The van der Waals surface area contributed by atoms with Crippen molar-refractivity contribution >= 4 is 11.9 Å². The highest BCUT2D eigenvalue weighted by atomic mass is 16.7. The number of rotatable bonds is 5. The summed E-state index contributed by atoms with van der Waals surface area (Å²) in [6.45, 7) is 5.94. The number of ether oxygens (including phenoxy) is 6. The van der Waals surface area contributed by atoms with E-state index < -0.39 is 42.8 Å². The summed E-state index contributed by atoms with van der Waals surface area (Å²) >= 11 is 0. The van der Waals surface area contributed by atoms with E-state index in [0.717, 1.165) is 0 Å². The van der Waals surface area contributed by atoms with E-state index in [2.05, 4.69) is 0 Å². The summed E-state index contributed by atoms with van der Waals surface area (Å²) in [5.74, 6) is -2.78. The Morgan fingerprint density at radius 1 is 1.03 bits per heavy atom. The van der Waals surface area contributed by atoms with Crippen LogP contribution < -0.4 is 0 Å². The standard InChI is InChI=1S/C23H32O10/c1-5-29-23-19-11(3)30-8-15(13(19)7-17(24)33-23)21(26)32-16-6-12-14(20(25)28-4)9-31-22(27)18(12)10(16)2/h8-13,16-19,22-24,27H,5-7H2,1-4H3/t10-,11+,12+,13+,16-,17-,18+,19-,22+,23+/m0/s1. The summed E-state index contributed by atoms with van der Waals surface area (Å²) < 4.78 is 32.9. The van der Waals surface area contributed by atoms with E-state index >= 15 is 0 Å². The third-order valence-electron chi connectivity index (χ3n) is 7.33. The van der Waals surface area contributed by atoms with Crippen molar-refractivity contribution in [1.82, 2.24) is 0 Å². The van der Waals surface area contributed by atoms with Crippen LogP contribution in [0.4, 0.5) is 0 Å². The number of fused-ring (bicyclic) bond motifs is 2. The number of hydrogen-bond donors (Lipinski definition) is 2. The van der Waals surface area contributed by atoms with Gasteiger partial charge in [0.05, 0.1) is 36.7 Å². The molecule has 1 aliphatic carbocycles. The second-order valence-corrected chi connectivity index (χ2v) is 9.06. The van der Waals surface area contributed by atoms with Crippen molar-refractivity contribution in [1.29, 1.82) is 0 Å². The van der Waals surface area contributed by atoms with Gasteiger partial charge in [-0.2, -0.15) is 0 Å². The molecule has 10 heteroatoms. The van der Waals surface area contributed by atoms with Crippen LogP contribution in [0.15, 0.2) is 23.7 Å².